The van der Waals surface area contributed by atoms with E-state index >= 15 is 0 Å². The van der Waals surface area contributed by atoms with E-state index in [0.717, 1.165) is 0 Å². The molecule has 0 amide bonds. The highest BCUT2D eigenvalue weighted by molar-refractivity contribution is 7.89. The van der Waals surface area contributed by atoms with Crippen LogP contribution in [0, 0.1) is 0 Å². The molecule has 0 unspecified atom stereocenters. The second-order valence-electron chi connectivity index (χ2n) is 2.71. The van der Waals surface area contributed by atoms with Crippen LogP contribution in [0.5, 0.6) is 0 Å². The first-order valence-electron chi connectivity index (χ1n) is 4.13. The molecule has 0 aliphatic heterocycles. The van der Waals surface area contributed by atoms with Gasteiger partial charge in [0.2, 0.25) is 10.0 Å². The minimum Gasteiger partial charge on any atom is -0.480 e. The highest BCUT2D eigenvalue weighted by atomic mass is 32.2. The van der Waals surface area contributed by atoms with E-state index in [1.165, 1.54) is 7.11 Å². The molecule has 0 aliphatic rings. The average Bonchev–Trinajstić information content (AvgIpc) is 2.14. The van der Waals surface area contributed by atoms with Gasteiger partial charge in [-0.3, -0.25) is 9.59 Å². The Bertz CT molecular complexity index is 322. The van der Waals surface area contributed by atoms with Crippen LogP contribution in [0.25, 0.3) is 0 Å². The van der Waals surface area contributed by atoms with Gasteiger partial charge in [0.05, 0.1) is 12.9 Å². The number of methoxy groups -OCH3 is 1. The zero-order valence-electron chi connectivity index (χ0n) is 8.23. The van der Waals surface area contributed by atoms with Crippen molar-refractivity contribution in [2.75, 3.05) is 19.4 Å². The molecule has 0 aromatic rings. The van der Waals surface area contributed by atoms with Crippen LogP contribution < -0.4 is 4.72 Å². The Morgan fingerprint density at radius 2 is 2.00 bits per heavy atom. The minimum atomic E-state index is -3.62. The number of nitrogens with one attached hydrogen (secondary N) is 1. The number of carbonyl (C=O) groups is 2. The van der Waals surface area contributed by atoms with E-state index in [2.05, 4.69) is 4.74 Å². The summed E-state index contributed by atoms with van der Waals surface area (Å²) >= 11 is 0. The summed E-state index contributed by atoms with van der Waals surface area (Å²) in [4.78, 5) is 20.7. The van der Waals surface area contributed by atoms with Crippen LogP contribution in [0.4, 0.5) is 0 Å². The molecule has 2 N–H and O–H groups in total. The predicted molar refractivity (Wildman–Crippen MR) is 50.7 cm³/mol. The van der Waals surface area contributed by atoms with Crippen molar-refractivity contribution in [1.82, 2.24) is 4.72 Å². The number of hydrogen-bond donors (Lipinski definition) is 2. The highest BCUT2D eigenvalue weighted by Gasteiger charge is 2.12. The van der Waals surface area contributed by atoms with Crippen molar-refractivity contribution in [2.45, 2.75) is 12.8 Å². The molecule has 0 saturated carbocycles. The van der Waals surface area contributed by atoms with Gasteiger partial charge in [-0.2, -0.15) is 0 Å². The molecule has 0 rings (SSSR count). The summed E-state index contributed by atoms with van der Waals surface area (Å²) in [5, 5.41) is 8.23. The van der Waals surface area contributed by atoms with Gasteiger partial charge >= 0.3 is 11.9 Å². The van der Waals surface area contributed by atoms with Gasteiger partial charge in [0, 0.05) is 6.42 Å². The quantitative estimate of drug-likeness (QED) is 0.548. The number of carboxylic acid groups (broad SMARTS) is 1. The fourth-order valence-electron chi connectivity index (χ4n) is 0.752. The number of rotatable bonds is 7. The molecule has 0 aromatic heterocycles. The Balaban J connectivity index is 3.84. The van der Waals surface area contributed by atoms with Crippen LogP contribution in [0.15, 0.2) is 0 Å². The first-order valence-corrected chi connectivity index (χ1v) is 5.78. The standard InChI is InChI=1S/C7H13NO6S/c1-14-7(11)3-2-4-15(12,13)8-5-6(9)10/h8H,2-5H2,1H3,(H,9,10). The lowest BCUT2D eigenvalue weighted by atomic mass is 10.3. The molecule has 0 aromatic carbocycles. The third-order valence-electron chi connectivity index (χ3n) is 1.46. The van der Waals surface area contributed by atoms with Crippen molar-refractivity contribution in [3.05, 3.63) is 0 Å². The number of aliphatic carboxylic acids is 1. The Kier molecular flexibility index (Phi) is 5.87. The maximum atomic E-state index is 11.1. The largest absolute Gasteiger partial charge is 0.480 e. The predicted octanol–water partition coefficient (Wildman–Crippen LogP) is -1.06. The molecule has 0 fully saturated rings. The number of hydrogen-bond acceptors (Lipinski definition) is 5. The molecule has 7 nitrogen and oxygen atoms in total. The summed E-state index contributed by atoms with van der Waals surface area (Å²) in [6, 6.07) is 0. The summed E-state index contributed by atoms with van der Waals surface area (Å²) in [6.07, 6.45) is 0.0894. The number of carbonyl (C=O) groups excluding carboxylic acids is 1. The van der Waals surface area contributed by atoms with Gasteiger partial charge in [-0.15, -0.1) is 0 Å². The van der Waals surface area contributed by atoms with Crippen molar-refractivity contribution in [1.29, 1.82) is 0 Å². The Morgan fingerprint density at radius 1 is 1.40 bits per heavy atom. The zero-order chi connectivity index (χ0) is 11.9. The SMILES string of the molecule is COC(=O)CCCS(=O)(=O)NCC(=O)O. The molecule has 0 saturated heterocycles. The lowest BCUT2D eigenvalue weighted by Gasteiger charge is -2.03. The third-order valence-corrected chi connectivity index (χ3v) is 2.88. The first kappa shape index (κ1) is 13.8. The number of esters is 1. The molecular weight excluding hydrogens is 226 g/mol. The van der Waals surface area contributed by atoms with E-state index in [-0.39, 0.29) is 18.6 Å². The van der Waals surface area contributed by atoms with Crippen LogP contribution in [0.2, 0.25) is 0 Å². The van der Waals surface area contributed by atoms with Crippen molar-refractivity contribution in [2.24, 2.45) is 0 Å². The molecule has 0 aliphatic carbocycles. The summed E-state index contributed by atoms with van der Waals surface area (Å²) in [6.45, 7) is -0.652. The lowest BCUT2D eigenvalue weighted by molar-refractivity contribution is -0.140. The first-order chi connectivity index (χ1) is 6.87. The average molecular weight is 239 g/mol. The molecular formula is C7H13NO6S. The van der Waals surface area contributed by atoms with E-state index in [1.54, 1.807) is 0 Å². The molecule has 88 valence electrons. The van der Waals surface area contributed by atoms with Gasteiger partial charge in [-0.1, -0.05) is 0 Å². The van der Waals surface area contributed by atoms with Gasteiger partial charge in [-0.05, 0) is 6.42 Å². The smallest absolute Gasteiger partial charge is 0.318 e. The van der Waals surface area contributed by atoms with Crippen LogP contribution in [-0.2, 0) is 24.3 Å². The van der Waals surface area contributed by atoms with Crippen LogP contribution >= 0.6 is 0 Å². The Morgan fingerprint density at radius 3 is 2.47 bits per heavy atom. The monoisotopic (exact) mass is 239 g/mol. The van der Waals surface area contributed by atoms with Gasteiger partial charge in [-0.25, -0.2) is 13.1 Å². The van der Waals surface area contributed by atoms with Crippen LogP contribution in [-0.4, -0.2) is 44.9 Å². The fourth-order valence-corrected chi connectivity index (χ4v) is 1.76. The fraction of sp³-hybridized carbons (Fsp3) is 0.714. The summed E-state index contributed by atoms with van der Waals surface area (Å²) in [5.41, 5.74) is 0. The maximum Gasteiger partial charge on any atom is 0.318 e. The van der Waals surface area contributed by atoms with Gasteiger partial charge in [0.15, 0.2) is 0 Å². The number of carboxylic acids is 1. The van der Waals surface area contributed by atoms with Gasteiger partial charge in [0.25, 0.3) is 0 Å². The van der Waals surface area contributed by atoms with E-state index in [0.29, 0.717) is 0 Å². The summed E-state index contributed by atoms with van der Waals surface area (Å²) < 4.78 is 28.3. The summed E-state index contributed by atoms with van der Waals surface area (Å²) in [5.74, 6) is -2.05. The van der Waals surface area contributed by atoms with E-state index in [1.807, 2.05) is 4.72 Å². The van der Waals surface area contributed by atoms with Crippen LogP contribution in [0.3, 0.4) is 0 Å². The molecule has 0 spiro atoms. The molecule has 0 atom stereocenters. The molecule has 15 heavy (non-hydrogen) atoms. The normalized spacial score (nSPS) is 11.0. The third kappa shape index (κ3) is 7.89. The number of sulfonamides is 1. The van der Waals surface area contributed by atoms with Gasteiger partial charge in [0.1, 0.15) is 6.54 Å². The summed E-state index contributed by atoms with van der Waals surface area (Å²) in [7, 11) is -2.41. The molecule has 8 heteroatoms. The van der Waals surface area contributed by atoms with E-state index < -0.39 is 28.5 Å². The zero-order valence-corrected chi connectivity index (χ0v) is 9.04. The Hall–Kier alpha value is -1.15. The number of ether oxygens (including phenoxy) is 1. The van der Waals surface area contributed by atoms with E-state index in [4.69, 9.17) is 5.11 Å². The van der Waals surface area contributed by atoms with Crippen molar-refractivity contribution >= 4 is 22.0 Å². The highest BCUT2D eigenvalue weighted by Crippen LogP contribution is 1.96. The van der Waals surface area contributed by atoms with Crippen LogP contribution in [0.1, 0.15) is 12.8 Å². The second-order valence-corrected chi connectivity index (χ2v) is 4.64. The topological polar surface area (TPSA) is 110 Å². The van der Waals surface area contributed by atoms with Crippen molar-refractivity contribution < 1.29 is 27.9 Å². The molecule has 0 bridgehead atoms. The minimum absolute atomic E-state index is 0.00944. The molecule has 0 radical (unpaired) electrons. The van der Waals surface area contributed by atoms with E-state index in [9.17, 15) is 18.0 Å². The lowest BCUT2D eigenvalue weighted by Crippen LogP contribution is -2.31. The van der Waals surface area contributed by atoms with Gasteiger partial charge < -0.3 is 9.84 Å². The van der Waals surface area contributed by atoms with Crippen molar-refractivity contribution in [3.63, 3.8) is 0 Å². The second kappa shape index (κ2) is 6.36. The Labute approximate surface area is 87.5 Å². The maximum absolute atomic E-state index is 11.1. The van der Waals surface area contributed by atoms with Crippen molar-refractivity contribution in [3.8, 4) is 0 Å². The molecule has 0 heterocycles.